The molecule has 0 spiro atoms. The largest absolute Gasteiger partial charge is 0.392 e. The minimum absolute atomic E-state index is 0.0000729. The summed E-state index contributed by atoms with van der Waals surface area (Å²) in [5.41, 5.74) is 4.41. The number of thioether (sulfide) groups is 1. The Labute approximate surface area is 230 Å². The van der Waals surface area contributed by atoms with Gasteiger partial charge in [-0.15, -0.1) is 11.3 Å². The van der Waals surface area contributed by atoms with Gasteiger partial charge in [-0.1, -0.05) is 67.2 Å². The summed E-state index contributed by atoms with van der Waals surface area (Å²) in [6.07, 6.45) is -0.915. The fourth-order valence-electron chi connectivity index (χ4n) is 4.47. The first-order valence-corrected chi connectivity index (χ1v) is 14.5. The summed E-state index contributed by atoms with van der Waals surface area (Å²) in [5.74, 6) is 0.799. The fraction of sp³-hybridized carbons (Fsp3) is 0.310. The van der Waals surface area contributed by atoms with Gasteiger partial charge in [0.25, 0.3) is 0 Å². The minimum Gasteiger partial charge on any atom is -0.392 e. The number of carbonyl (C=O) groups is 1. The number of hydrogen-bond donors (Lipinski definition) is 3. The van der Waals surface area contributed by atoms with Crippen LogP contribution >= 0.6 is 23.1 Å². The van der Waals surface area contributed by atoms with E-state index in [2.05, 4.69) is 23.6 Å². The molecule has 4 aromatic rings. The molecule has 38 heavy (non-hydrogen) atoms. The molecule has 5 rings (SSSR count). The van der Waals surface area contributed by atoms with Gasteiger partial charge in [0.2, 0.25) is 0 Å². The Morgan fingerprint density at radius 1 is 1.05 bits per heavy atom. The molecule has 1 aliphatic rings. The highest BCUT2D eigenvalue weighted by Gasteiger charge is 2.38. The average molecular weight is 550 g/mol. The molecule has 1 aromatic heterocycles. The summed E-state index contributed by atoms with van der Waals surface area (Å²) < 4.78 is 15.3. The first kappa shape index (κ1) is 26.6. The monoisotopic (exact) mass is 549 g/mol. The number of aliphatic hydroxyl groups is 1. The lowest BCUT2D eigenvalue weighted by Crippen LogP contribution is -2.38. The maximum atomic E-state index is 12.1. The van der Waals surface area contributed by atoms with Crippen molar-refractivity contribution in [2.75, 3.05) is 17.6 Å². The predicted octanol–water partition coefficient (Wildman–Crippen LogP) is 6.51. The Hall–Kier alpha value is -2.95. The molecule has 1 fully saturated rings. The molecule has 0 saturated carbocycles. The number of para-hydroxylation sites is 1. The van der Waals surface area contributed by atoms with Gasteiger partial charge in [0.1, 0.15) is 0 Å². The molecular formula is C29H31N3O4S2. The van der Waals surface area contributed by atoms with Crippen molar-refractivity contribution in [1.82, 2.24) is 10.3 Å². The van der Waals surface area contributed by atoms with Gasteiger partial charge in [-0.3, -0.25) is 0 Å². The molecule has 198 valence electrons. The zero-order chi connectivity index (χ0) is 26.5. The minimum atomic E-state index is -0.606. The van der Waals surface area contributed by atoms with Crippen LogP contribution in [-0.4, -0.2) is 34.5 Å². The van der Waals surface area contributed by atoms with E-state index in [1.54, 1.807) is 23.1 Å². The number of aromatic nitrogens is 1. The SMILES string of the molecule is CCNC(=O)Nc1cccc(C2OC(CSc3nc4ccccc4s3)C(C)C(c3ccc(CO)cc3)O2)c1. The number of hydrogen-bond acceptors (Lipinski definition) is 7. The summed E-state index contributed by atoms with van der Waals surface area (Å²) in [5, 5.41) is 15.1. The summed E-state index contributed by atoms with van der Waals surface area (Å²) in [6, 6.07) is 23.4. The smallest absolute Gasteiger partial charge is 0.319 e. The van der Waals surface area contributed by atoms with Crippen LogP contribution in [-0.2, 0) is 16.1 Å². The second kappa shape index (κ2) is 12.3. The van der Waals surface area contributed by atoms with E-state index in [0.717, 1.165) is 32.3 Å². The molecule has 0 radical (unpaired) electrons. The lowest BCUT2D eigenvalue weighted by Gasteiger charge is -2.41. The number of fused-ring (bicyclic) bond motifs is 1. The van der Waals surface area contributed by atoms with Gasteiger partial charge in [-0.25, -0.2) is 9.78 Å². The van der Waals surface area contributed by atoms with Gasteiger partial charge in [-0.2, -0.15) is 0 Å². The first-order valence-electron chi connectivity index (χ1n) is 12.7. The van der Waals surface area contributed by atoms with E-state index in [-0.39, 0.29) is 30.8 Å². The summed E-state index contributed by atoms with van der Waals surface area (Å²) in [7, 11) is 0. The highest BCUT2D eigenvalue weighted by Crippen LogP contribution is 2.43. The number of nitrogens with one attached hydrogen (secondary N) is 2. The van der Waals surface area contributed by atoms with Crippen LogP contribution in [0, 0.1) is 5.92 Å². The maximum absolute atomic E-state index is 12.1. The van der Waals surface area contributed by atoms with Crippen LogP contribution in [0.5, 0.6) is 0 Å². The quantitative estimate of drug-likeness (QED) is 0.217. The zero-order valence-electron chi connectivity index (χ0n) is 21.3. The number of benzene rings is 3. The molecule has 3 N–H and O–H groups in total. The molecule has 0 bridgehead atoms. The number of aliphatic hydroxyl groups excluding tert-OH is 1. The van der Waals surface area contributed by atoms with Crippen LogP contribution in [0.3, 0.4) is 0 Å². The van der Waals surface area contributed by atoms with Crippen molar-refractivity contribution in [2.45, 2.75) is 43.3 Å². The van der Waals surface area contributed by atoms with E-state index in [4.69, 9.17) is 14.5 Å². The Balaban J connectivity index is 1.39. The Bertz CT molecular complexity index is 1340. The molecule has 0 aliphatic carbocycles. The molecule has 4 atom stereocenters. The number of amides is 2. The van der Waals surface area contributed by atoms with E-state index >= 15 is 0 Å². The number of rotatable bonds is 8. The van der Waals surface area contributed by atoms with Gasteiger partial charge in [0.05, 0.1) is 29.0 Å². The van der Waals surface area contributed by atoms with Crippen molar-refractivity contribution in [3.05, 3.63) is 89.5 Å². The van der Waals surface area contributed by atoms with Crippen LogP contribution in [0.2, 0.25) is 0 Å². The lowest BCUT2D eigenvalue weighted by molar-refractivity contribution is -0.268. The maximum Gasteiger partial charge on any atom is 0.319 e. The molecule has 1 aliphatic heterocycles. The van der Waals surface area contributed by atoms with Gasteiger partial charge in [0, 0.05) is 29.5 Å². The molecule has 2 amide bonds. The lowest BCUT2D eigenvalue weighted by atomic mass is 9.91. The van der Waals surface area contributed by atoms with Gasteiger partial charge in [-0.05, 0) is 42.3 Å². The van der Waals surface area contributed by atoms with Crippen LogP contribution in [0.4, 0.5) is 10.5 Å². The number of anilines is 1. The van der Waals surface area contributed by atoms with E-state index in [1.807, 2.05) is 73.7 Å². The van der Waals surface area contributed by atoms with Gasteiger partial charge in [0.15, 0.2) is 10.6 Å². The Kier molecular flexibility index (Phi) is 8.61. The normalized spacial score (nSPS) is 21.3. The van der Waals surface area contributed by atoms with E-state index in [1.165, 1.54) is 4.70 Å². The summed E-state index contributed by atoms with van der Waals surface area (Å²) in [4.78, 5) is 16.8. The number of carbonyl (C=O) groups excluding carboxylic acids is 1. The van der Waals surface area contributed by atoms with Gasteiger partial charge >= 0.3 is 6.03 Å². The third-order valence-corrected chi connectivity index (χ3v) is 8.79. The van der Waals surface area contributed by atoms with Crippen LogP contribution in [0.1, 0.15) is 42.9 Å². The molecule has 9 heteroatoms. The average Bonchev–Trinajstić information content (AvgIpc) is 3.36. The zero-order valence-corrected chi connectivity index (χ0v) is 22.9. The third kappa shape index (κ3) is 6.19. The standard InChI is InChI=1S/C29H31N3O4S2/c1-3-30-28(34)31-22-8-6-7-21(15-22)27-35-24(17-37-29-32-23-9-4-5-10-25(23)38-29)18(2)26(36-27)20-13-11-19(16-33)12-14-20/h4-15,18,24,26-27,33H,3,16-17H2,1-2H3,(H2,30,31,34). The predicted molar refractivity (Wildman–Crippen MR) is 152 cm³/mol. The second-order valence-corrected chi connectivity index (χ2v) is 11.5. The van der Waals surface area contributed by atoms with Crippen LogP contribution in [0.25, 0.3) is 10.2 Å². The first-order chi connectivity index (χ1) is 18.5. The summed E-state index contributed by atoms with van der Waals surface area (Å²) >= 11 is 3.39. The number of nitrogens with zero attached hydrogens (tertiary/aromatic N) is 1. The van der Waals surface area contributed by atoms with Crippen molar-refractivity contribution in [1.29, 1.82) is 0 Å². The van der Waals surface area contributed by atoms with E-state index in [9.17, 15) is 9.90 Å². The number of urea groups is 1. The van der Waals surface area contributed by atoms with Crippen LogP contribution < -0.4 is 10.6 Å². The molecule has 2 heterocycles. The highest BCUT2D eigenvalue weighted by atomic mass is 32.2. The van der Waals surface area contributed by atoms with Crippen molar-refractivity contribution in [3.63, 3.8) is 0 Å². The Morgan fingerprint density at radius 2 is 1.87 bits per heavy atom. The topological polar surface area (TPSA) is 92.7 Å². The number of thiazole rings is 1. The van der Waals surface area contributed by atoms with Crippen LogP contribution in [0.15, 0.2) is 77.1 Å². The fourth-order valence-corrected chi connectivity index (χ4v) is 6.73. The molecule has 4 unspecified atom stereocenters. The molecular weight excluding hydrogens is 518 g/mol. The Morgan fingerprint density at radius 3 is 2.63 bits per heavy atom. The number of ether oxygens (including phenoxy) is 2. The molecule has 1 saturated heterocycles. The molecule has 7 nitrogen and oxygen atoms in total. The molecule has 3 aromatic carbocycles. The second-order valence-electron chi connectivity index (χ2n) is 9.19. The van der Waals surface area contributed by atoms with Gasteiger partial charge < -0.3 is 25.2 Å². The van der Waals surface area contributed by atoms with Crippen molar-refractivity contribution in [2.24, 2.45) is 5.92 Å². The highest BCUT2D eigenvalue weighted by molar-refractivity contribution is 8.01. The van der Waals surface area contributed by atoms with Crippen molar-refractivity contribution < 1.29 is 19.4 Å². The third-order valence-electron chi connectivity index (χ3n) is 6.52. The summed E-state index contributed by atoms with van der Waals surface area (Å²) in [6.45, 7) is 4.57. The van der Waals surface area contributed by atoms with Crippen molar-refractivity contribution in [3.8, 4) is 0 Å². The van der Waals surface area contributed by atoms with E-state index in [0.29, 0.717) is 12.2 Å². The van der Waals surface area contributed by atoms with Crippen molar-refractivity contribution >= 4 is 45.0 Å². The van der Waals surface area contributed by atoms with E-state index < -0.39 is 6.29 Å².